The molecule has 0 saturated heterocycles. The van der Waals surface area contributed by atoms with Gasteiger partial charge in [-0.1, -0.05) is 65.2 Å². The molecule has 0 spiro atoms. The fourth-order valence-corrected chi connectivity index (χ4v) is 3.48. The van der Waals surface area contributed by atoms with Gasteiger partial charge in [0.1, 0.15) is 11.3 Å². The van der Waals surface area contributed by atoms with E-state index in [1.807, 2.05) is 16.7 Å². The lowest BCUT2D eigenvalue weighted by Crippen LogP contribution is -2.03. The number of fused-ring (bicyclic) bond motifs is 1. The second-order valence-corrected chi connectivity index (χ2v) is 7.03. The van der Waals surface area contributed by atoms with E-state index in [9.17, 15) is 0 Å². The zero-order chi connectivity index (χ0) is 18.3. The predicted molar refractivity (Wildman–Crippen MR) is 106 cm³/mol. The van der Waals surface area contributed by atoms with Crippen LogP contribution in [0.3, 0.4) is 0 Å². The standard InChI is InChI=1S/C20H16Cl2N4/c1-12-6-8-14(9-7-12)11-26-16-17(21)23-20(22)25-18(16)24-19(26)15-5-3-4-13(2)10-15/h3-10H,11H2,1-2H3. The van der Waals surface area contributed by atoms with Crippen molar-refractivity contribution in [2.24, 2.45) is 0 Å². The van der Waals surface area contributed by atoms with Crippen molar-refractivity contribution in [3.8, 4) is 11.4 Å². The highest BCUT2D eigenvalue weighted by atomic mass is 35.5. The molecular weight excluding hydrogens is 367 g/mol. The third kappa shape index (κ3) is 3.18. The van der Waals surface area contributed by atoms with Crippen molar-refractivity contribution in [1.29, 1.82) is 0 Å². The quantitative estimate of drug-likeness (QED) is 0.348. The first-order valence-electron chi connectivity index (χ1n) is 8.23. The number of rotatable bonds is 3. The van der Waals surface area contributed by atoms with Crippen LogP contribution in [0.2, 0.25) is 10.4 Å². The molecule has 0 N–H and O–H groups in total. The first kappa shape index (κ1) is 17.0. The fourth-order valence-electron chi connectivity index (χ4n) is 3.00. The molecule has 2 aromatic heterocycles. The summed E-state index contributed by atoms with van der Waals surface area (Å²) < 4.78 is 2.05. The van der Waals surface area contributed by atoms with E-state index in [1.54, 1.807) is 0 Å². The van der Waals surface area contributed by atoms with Gasteiger partial charge in [-0.3, -0.25) is 0 Å². The zero-order valence-electron chi connectivity index (χ0n) is 14.4. The Labute approximate surface area is 161 Å². The van der Waals surface area contributed by atoms with Crippen LogP contribution in [0.15, 0.2) is 48.5 Å². The summed E-state index contributed by atoms with van der Waals surface area (Å²) >= 11 is 12.4. The number of benzene rings is 2. The monoisotopic (exact) mass is 382 g/mol. The molecule has 0 saturated carbocycles. The lowest BCUT2D eigenvalue weighted by atomic mass is 10.1. The highest BCUT2D eigenvalue weighted by Crippen LogP contribution is 2.30. The van der Waals surface area contributed by atoms with Gasteiger partial charge in [-0.15, -0.1) is 0 Å². The van der Waals surface area contributed by atoms with E-state index in [2.05, 4.69) is 60.2 Å². The summed E-state index contributed by atoms with van der Waals surface area (Å²) in [6.45, 7) is 4.74. The van der Waals surface area contributed by atoms with Crippen molar-refractivity contribution >= 4 is 34.4 Å². The molecule has 0 fully saturated rings. The van der Waals surface area contributed by atoms with Gasteiger partial charge < -0.3 is 4.57 Å². The van der Waals surface area contributed by atoms with Crippen molar-refractivity contribution in [2.45, 2.75) is 20.4 Å². The van der Waals surface area contributed by atoms with E-state index in [4.69, 9.17) is 28.2 Å². The summed E-state index contributed by atoms with van der Waals surface area (Å²) in [4.78, 5) is 13.1. The van der Waals surface area contributed by atoms with Gasteiger partial charge in [0.25, 0.3) is 0 Å². The molecule has 0 unspecified atom stereocenters. The Hall–Kier alpha value is -2.43. The van der Waals surface area contributed by atoms with Crippen molar-refractivity contribution in [3.05, 3.63) is 75.7 Å². The lowest BCUT2D eigenvalue weighted by molar-refractivity contribution is 0.832. The maximum Gasteiger partial charge on any atom is 0.225 e. The van der Waals surface area contributed by atoms with Gasteiger partial charge in [0.05, 0.1) is 0 Å². The predicted octanol–water partition coefficient (Wildman–Crippen LogP) is 5.47. The first-order chi connectivity index (χ1) is 12.5. The van der Waals surface area contributed by atoms with Gasteiger partial charge in [0, 0.05) is 12.1 Å². The second-order valence-electron chi connectivity index (χ2n) is 6.33. The number of hydrogen-bond acceptors (Lipinski definition) is 3. The summed E-state index contributed by atoms with van der Waals surface area (Å²) in [5, 5.41) is 0.400. The van der Waals surface area contributed by atoms with E-state index in [-0.39, 0.29) is 5.28 Å². The van der Waals surface area contributed by atoms with Crippen molar-refractivity contribution in [1.82, 2.24) is 19.5 Å². The van der Waals surface area contributed by atoms with Gasteiger partial charge in [-0.2, -0.15) is 4.98 Å². The number of aromatic nitrogens is 4. The minimum Gasteiger partial charge on any atom is -0.316 e. The molecule has 26 heavy (non-hydrogen) atoms. The van der Waals surface area contributed by atoms with E-state index in [1.165, 1.54) is 5.56 Å². The number of aryl methyl sites for hydroxylation is 2. The highest BCUT2D eigenvalue weighted by molar-refractivity contribution is 6.35. The Morgan fingerprint density at radius 3 is 2.38 bits per heavy atom. The van der Waals surface area contributed by atoms with Crippen LogP contribution in [0, 0.1) is 13.8 Å². The zero-order valence-corrected chi connectivity index (χ0v) is 15.9. The molecule has 4 rings (SSSR count). The van der Waals surface area contributed by atoms with Gasteiger partial charge in [0.2, 0.25) is 5.28 Å². The van der Waals surface area contributed by atoms with Gasteiger partial charge in [-0.25, -0.2) is 9.97 Å². The molecule has 0 amide bonds. The van der Waals surface area contributed by atoms with Crippen LogP contribution < -0.4 is 0 Å². The normalized spacial score (nSPS) is 11.2. The fraction of sp³-hybridized carbons (Fsp3) is 0.150. The summed E-state index contributed by atoms with van der Waals surface area (Å²) in [5.41, 5.74) is 5.71. The first-order valence-corrected chi connectivity index (χ1v) is 8.99. The molecule has 0 aliphatic carbocycles. The van der Waals surface area contributed by atoms with Crippen LogP contribution >= 0.6 is 23.2 Å². The summed E-state index contributed by atoms with van der Waals surface area (Å²) in [7, 11) is 0. The van der Waals surface area contributed by atoms with E-state index < -0.39 is 0 Å². The molecule has 4 nitrogen and oxygen atoms in total. The number of nitrogens with zero attached hydrogens (tertiary/aromatic N) is 4. The van der Waals surface area contributed by atoms with Crippen LogP contribution in [0.25, 0.3) is 22.6 Å². The number of halogens is 2. The second kappa shape index (κ2) is 6.71. The van der Waals surface area contributed by atoms with Crippen molar-refractivity contribution in [3.63, 3.8) is 0 Å². The molecule has 2 aromatic carbocycles. The maximum atomic E-state index is 6.39. The van der Waals surface area contributed by atoms with Gasteiger partial charge >= 0.3 is 0 Å². The maximum absolute atomic E-state index is 6.39. The van der Waals surface area contributed by atoms with E-state index >= 15 is 0 Å². The molecule has 6 heteroatoms. The van der Waals surface area contributed by atoms with Crippen molar-refractivity contribution < 1.29 is 0 Å². The lowest BCUT2D eigenvalue weighted by Gasteiger charge is -2.11. The molecule has 2 heterocycles. The SMILES string of the molecule is Cc1ccc(Cn2c(-c3cccc(C)c3)nc3nc(Cl)nc(Cl)c32)cc1. The Bertz CT molecular complexity index is 1100. The third-order valence-corrected chi connectivity index (χ3v) is 4.70. The largest absolute Gasteiger partial charge is 0.316 e. The average Bonchev–Trinajstić information content (AvgIpc) is 2.95. The summed E-state index contributed by atoms with van der Waals surface area (Å²) in [5.74, 6) is 0.794. The number of imidazole rings is 1. The Morgan fingerprint density at radius 1 is 0.885 bits per heavy atom. The van der Waals surface area contributed by atoms with Crippen LogP contribution in [0.4, 0.5) is 0 Å². The Kier molecular flexibility index (Phi) is 4.39. The average molecular weight is 383 g/mol. The molecular formula is C20H16Cl2N4. The van der Waals surface area contributed by atoms with E-state index in [0.717, 1.165) is 22.5 Å². The number of hydrogen-bond donors (Lipinski definition) is 0. The third-order valence-electron chi connectivity index (χ3n) is 4.27. The topological polar surface area (TPSA) is 43.6 Å². The summed E-state index contributed by atoms with van der Waals surface area (Å²) in [6.07, 6.45) is 0. The molecule has 0 bridgehead atoms. The highest BCUT2D eigenvalue weighted by Gasteiger charge is 2.18. The molecule has 0 radical (unpaired) electrons. The Balaban J connectivity index is 1.95. The van der Waals surface area contributed by atoms with E-state index in [0.29, 0.717) is 22.9 Å². The van der Waals surface area contributed by atoms with Crippen LogP contribution in [0.5, 0.6) is 0 Å². The summed E-state index contributed by atoms with van der Waals surface area (Å²) in [6, 6.07) is 16.6. The molecule has 0 aliphatic rings. The van der Waals surface area contributed by atoms with Gasteiger partial charge in [-0.05, 0) is 37.1 Å². The van der Waals surface area contributed by atoms with Crippen LogP contribution in [0.1, 0.15) is 16.7 Å². The van der Waals surface area contributed by atoms with Crippen molar-refractivity contribution in [2.75, 3.05) is 0 Å². The minimum absolute atomic E-state index is 0.0956. The Morgan fingerprint density at radius 2 is 1.65 bits per heavy atom. The smallest absolute Gasteiger partial charge is 0.225 e. The molecule has 130 valence electrons. The molecule has 0 atom stereocenters. The molecule has 0 aliphatic heterocycles. The molecule has 4 aromatic rings. The van der Waals surface area contributed by atoms with Gasteiger partial charge in [0.15, 0.2) is 10.8 Å². The van der Waals surface area contributed by atoms with Crippen LogP contribution in [-0.4, -0.2) is 19.5 Å². The minimum atomic E-state index is 0.0956. The van der Waals surface area contributed by atoms with Crippen LogP contribution in [-0.2, 0) is 6.54 Å².